The third-order valence-electron chi connectivity index (χ3n) is 3.63. The molecule has 1 aliphatic rings. The summed E-state index contributed by atoms with van der Waals surface area (Å²) < 4.78 is 30.8. The van der Waals surface area contributed by atoms with E-state index in [4.69, 9.17) is 19.0 Å². The summed E-state index contributed by atoms with van der Waals surface area (Å²) in [4.78, 5) is 13.2. The predicted molar refractivity (Wildman–Crippen MR) is 101 cm³/mol. The Bertz CT molecular complexity index is 716. The van der Waals surface area contributed by atoms with Crippen LogP contribution in [0.1, 0.15) is 24.8 Å². The molecule has 9 heteroatoms. The van der Waals surface area contributed by atoms with Gasteiger partial charge in [-0.3, -0.25) is 0 Å². The molecule has 2 aromatic rings. The van der Waals surface area contributed by atoms with Crippen LogP contribution in [0.15, 0.2) is 30.5 Å². The summed E-state index contributed by atoms with van der Waals surface area (Å²) in [6.45, 7) is 0.864. The second-order valence-corrected chi connectivity index (χ2v) is 6.18. The maximum atomic E-state index is 13.8. The van der Waals surface area contributed by atoms with E-state index in [2.05, 4.69) is 38.0 Å². The van der Waals surface area contributed by atoms with Gasteiger partial charge in [-0.05, 0) is 53.1 Å². The summed E-state index contributed by atoms with van der Waals surface area (Å²) in [6.07, 6.45) is 3.38. The fourth-order valence-corrected chi connectivity index (χ4v) is 2.71. The molecule has 1 unspecified atom stereocenters. The van der Waals surface area contributed by atoms with Crippen LogP contribution in [0.2, 0.25) is 0 Å². The zero-order valence-corrected chi connectivity index (χ0v) is 16.1. The molecular weight excluding hydrogens is 456 g/mol. The lowest BCUT2D eigenvalue weighted by Crippen LogP contribution is -2.25. The van der Waals surface area contributed by atoms with E-state index in [0.717, 1.165) is 36.8 Å². The SMILES string of the molecule is Fc1cnc(OCc2cccc(OCI)c2)nc1NOC1CCCCO1. The van der Waals surface area contributed by atoms with Gasteiger partial charge in [0.15, 0.2) is 17.9 Å². The summed E-state index contributed by atoms with van der Waals surface area (Å²) in [6, 6.07) is 7.54. The van der Waals surface area contributed by atoms with Crippen LogP contribution in [0.4, 0.5) is 10.2 Å². The van der Waals surface area contributed by atoms with E-state index in [-0.39, 0.29) is 18.4 Å². The van der Waals surface area contributed by atoms with Gasteiger partial charge in [0.2, 0.25) is 0 Å². The fourth-order valence-electron chi connectivity index (χ4n) is 2.35. The molecular formula is C17H19FIN3O4. The Labute approximate surface area is 164 Å². The van der Waals surface area contributed by atoms with Gasteiger partial charge >= 0.3 is 6.01 Å². The van der Waals surface area contributed by atoms with Gasteiger partial charge in [0.25, 0.3) is 0 Å². The van der Waals surface area contributed by atoms with Crippen molar-refractivity contribution in [2.24, 2.45) is 0 Å². The highest BCUT2D eigenvalue weighted by Crippen LogP contribution is 2.19. The third kappa shape index (κ3) is 5.64. The van der Waals surface area contributed by atoms with Crippen molar-refractivity contribution in [1.82, 2.24) is 9.97 Å². The third-order valence-corrected chi connectivity index (χ3v) is 3.95. The molecule has 26 heavy (non-hydrogen) atoms. The van der Waals surface area contributed by atoms with Crippen LogP contribution in [0.25, 0.3) is 0 Å². The van der Waals surface area contributed by atoms with Crippen LogP contribution < -0.4 is 15.0 Å². The standard InChI is InChI=1S/C17H19FIN3O4/c18-14-9-20-17(21-16(14)22-26-15-6-1-2-7-23-15)24-10-12-4-3-5-13(8-12)25-11-19/h3-5,8-9,15H,1-2,6-7,10-11H2,(H,20,21,22). The topological polar surface area (TPSA) is 74.7 Å². The maximum absolute atomic E-state index is 13.8. The highest BCUT2D eigenvalue weighted by molar-refractivity contribution is 14.1. The molecule has 0 saturated carbocycles. The van der Waals surface area contributed by atoms with E-state index in [9.17, 15) is 4.39 Å². The summed E-state index contributed by atoms with van der Waals surface area (Å²) in [7, 11) is 0. The minimum Gasteiger partial charge on any atom is -0.483 e. The molecule has 0 aliphatic carbocycles. The largest absolute Gasteiger partial charge is 0.483 e. The van der Waals surface area contributed by atoms with Crippen molar-refractivity contribution in [3.05, 3.63) is 41.8 Å². The molecule has 1 fully saturated rings. The molecule has 0 amide bonds. The zero-order chi connectivity index (χ0) is 18.2. The quantitative estimate of drug-likeness (QED) is 0.354. The number of aromatic nitrogens is 2. The van der Waals surface area contributed by atoms with Gasteiger partial charge in [-0.15, -0.1) is 0 Å². The monoisotopic (exact) mass is 475 g/mol. The molecule has 0 spiro atoms. The maximum Gasteiger partial charge on any atom is 0.318 e. The van der Waals surface area contributed by atoms with E-state index in [1.54, 1.807) is 0 Å². The lowest BCUT2D eigenvalue weighted by atomic mass is 10.2. The Hall–Kier alpha value is -1.72. The van der Waals surface area contributed by atoms with Crippen molar-refractivity contribution in [3.8, 4) is 11.8 Å². The molecule has 7 nitrogen and oxygen atoms in total. The molecule has 140 valence electrons. The summed E-state index contributed by atoms with van der Waals surface area (Å²) >= 11 is 2.13. The number of hydrogen-bond donors (Lipinski definition) is 1. The van der Waals surface area contributed by atoms with Gasteiger partial charge in [0.05, 0.1) is 6.20 Å². The first kappa shape index (κ1) is 19.1. The first-order valence-electron chi connectivity index (χ1n) is 8.21. The second-order valence-electron chi connectivity index (χ2n) is 5.55. The number of ether oxygens (including phenoxy) is 3. The van der Waals surface area contributed by atoms with E-state index < -0.39 is 12.1 Å². The van der Waals surface area contributed by atoms with Crippen LogP contribution >= 0.6 is 22.6 Å². The number of nitrogens with one attached hydrogen (secondary N) is 1. The van der Waals surface area contributed by atoms with Gasteiger partial charge in [0.1, 0.15) is 17.0 Å². The normalized spacial score (nSPS) is 16.9. The zero-order valence-electron chi connectivity index (χ0n) is 14.0. The molecule has 2 heterocycles. The van der Waals surface area contributed by atoms with Gasteiger partial charge in [-0.1, -0.05) is 12.1 Å². The summed E-state index contributed by atoms with van der Waals surface area (Å²) in [5.41, 5.74) is 3.39. The van der Waals surface area contributed by atoms with Crippen molar-refractivity contribution in [1.29, 1.82) is 0 Å². The van der Waals surface area contributed by atoms with Crippen molar-refractivity contribution in [3.63, 3.8) is 0 Å². The molecule has 1 atom stereocenters. The van der Waals surface area contributed by atoms with E-state index in [0.29, 0.717) is 11.2 Å². The van der Waals surface area contributed by atoms with E-state index >= 15 is 0 Å². The lowest BCUT2D eigenvalue weighted by Gasteiger charge is -2.22. The van der Waals surface area contributed by atoms with Crippen LogP contribution in [-0.4, -0.2) is 27.5 Å². The number of halogens is 2. The second kappa shape index (κ2) is 9.83. The average Bonchev–Trinajstić information content (AvgIpc) is 2.68. The summed E-state index contributed by atoms with van der Waals surface area (Å²) in [5.74, 6) is 0.0283. The Kier molecular flexibility index (Phi) is 7.21. The van der Waals surface area contributed by atoms with Crippen LogP contribution in [0.3, 0.4) is 0 Å². The highest BCUT2D eigenvalue weighted by Gasteiger charge is 2.16. The number of benzene rings is 1. The van der Waals surface area contributed by atoms with E-state index in [1.807, 2.05) is 24.3 Å². The van der Waals surface area contributed by atoms with Gasteiger partial charge in [0, 0.05) is 13.0 Å². The smallest absolute Gasteiger partial charge is 0.318 e. The molecule has 1 aliphatic heterocycles. The first-order valence-corrected chi connectivity index (χ1v) is 9.73. The Morgan fingerprint density at radius 1 is 1.31 bits per heavy atom. The number of nitrogens with zero attached hydrogens (tertiary/aromatic N) is 2. The Balaban J connectivity index is 1.57. The van der Waals surface area contributed by atoms with Crippen LogP contribution in [-0.2, 0) is 16.2 Å². The van der Waals surface area contributed by atoms with Crippen LogP contribution in [0.5, 0.6) is 11.8 Å². The van der Waals surface area contributed by atoms with Gasteiger partial charge < -0.3 is 14.2 Å². The van der Waals surface area contributed by atoms with Crippen molar-refractivity contribution in [2.75, 3.05) is 16.7 Å². The van der Waals surface area contributed by atoms with Gasteiger partial charge in [-0.25, -0.2) is 19.7 Å². The van der Waals surface area contributed by atoms with Crippen molar-refractivity contribution < 1.29 is 23.4 Å². The van der Waals surface area contributed by atoms with Crippen molar-refractivity contribution in [2.45, 2.75) is 32.2 Å². The fraction of sp³-hybridized carbons (Fsp3) is 0.412. The highest BCUT2D eigenvalue weighted by atomic mass is 127. The molecule has 0 radical (unpaired) electrons. The molecule has 1 aromatic carbocycles. The molecule has 3 rings (SSSR count). The minimum atomic E-state index is -0.634. The van der Waals surface area contributed by atoms with Crippen LogP contribution in [0, 0.1) is 5.82 Å². The minimum absolute atomic E-state index is 0.0438. The predicted octanol–water partition coefficient (Wildman–Crippen LogP) is 3.84. The summed E-state index contributed by atoms with van der Waals surface area (Å²) in [5, 5.41) is 0. The number of rotatable bonds is 8. The number of hydrogen-bond acceptors (Lipinski definition) is 7. The van der Waals surface area contributed by atoms with Crippen molar-refractivity contribution >= 4 is 28.4 Å². The lowest BCUT2D eigenvalue weighted by molar-refractivity contribution is -0.146. The molecule has 1 aromatic heterocycles. The molecule has 0 bridgehead atoms. The molecule has 1 N–H and O–H groups in total. The number of anilines is 1. The van der Waals surface area contributed by atoms with Gasteiger partial charge in [-0.2, -0.15) is 4.98 Å². The Morgan fingerprint density at radius 2 is 2.23 bits per heavy atom. The number of alkyl halides is 1. The average molecular weight is 475 g/mol. The first-order chi connectivity index (χ1) is 12.7. The van der Waals surface area contributed by atoms with E-state index in [1.165, 1.54) is 0 Å². The molecule has 1 saturated heterocycles. The Morgan fingerprint density at radius 3 is 3.04 bits per heavy atom.